The first kappa shape index (κ1) is 20.8. The quantitative estimate of drug-likeness (QED) is 0.679. The Morgan fingerprint density at radius 3 is 2.90 bits per heavy atom. The van der Waals surface area contributed by atoms with Gasteiger partial charge in [0.05, 0.1) is 12.8 Å². The molecule has 2 saturated heterocycles. The van der Waals surface area contributed by atoms with E-state index in [-0.39, 0.29) is 5.75 Å². The fourth-order valence-electron chi connectivity index (χ4n) is 4.52. The molecule has 0 bridgehead atoms. The van der Waals surface area contributed by atoms with E-state index in [1.54, 1.807) is 12.1 Å². The highest BCUT2D eigenvalue weighted by atomic mass is 19.1. The minimum absolute atomic E-state index is 0.178. The minimum atomic E-state index is -0.405. The maximum Gasteiger partial charge on any atom is 0.226 e. The third-order valence-electron chi connectivity index (χ3n) is 6.30. The summed E-state index contributed by atoms with van der Waals surface area (Å²) in [6.07, 6.45) is 6.25. The number of benzene rings is 1. The molecule has 2 fully saturated rings. The van der Waals surface area contributed by atoms with Gasteiger partial charge in [-0.1, -0.05) is 6.42 Å². The lowest BCUT2D eigenvalue weighted by Gasteiger charge is -2.36. The van der Waals surface area contributed by atoms with Gasteiger partial charge in [-0.15, -0.1) is 0 Å². The smallest absolute Gasteiger partial charge is 0.226 e. The maximum absolute atomic E-state index is 13.7. The highest BCUT2D eigenvalue weighted by Crippen LogP contribution is 2.29. The van der Waals surface area contributed by atoms with Crippen molar-refractivity contribution in [2.24, 2.45) is 0 Å². The first-order valence-electron chi connectivity index (χ1n) is 10.9. The fourth-order valence-corrected chi connectivity index (χ4v) is 4.52. The van der Waals surface area contributed by atoms with Crippen LogP contribution in [0.1, 0.15) is 50.0 Å². The highest BCUT2D eigenvalue weighted by Gasteiger charge is 2.27. The van der Waals surface area contributed by atoms with Gasteiger partial charge in [0.25, 0.3) is 0 Å². The van der Waals surface area contributed by atoms with Gasteiger partial charge in [-0.2, -0.15) is 0 Å². The first-order chi connectivity index (χ1) is 14.5. The molecule has 2 aliphatic heterocycles. The molecule has 1 aromatic heterocycles. The van der Waals surface area contributed by atoms with E-state index in [0.717, 1.165) is 56.9 Å². The second-order valence-electron chi connectivity index (χ2n) is 8.26. The molecule has 0 saturated carbocycles. The van der Waals surface area contributed by atoms with Gasteiger partial charge in [0, 0.05) is 37.7 Å². The Morgan fingerprint density at radius 1 is 1.27 bits per heavy atom. The number of rotatable bonds is 7. The summed E-state index contributed by atoms with van der Waals surface area (Å²) in [5.41, 5.74) is 1.61. The zero-order valence-electron chi connectivity index (χ0n) is 17.8. The van der Waals surface area contributed by atoms with E-state index in [1.807, 2.05) is 11.8 Å². The topological polar surface area (TPSA) is 58.8 Å². The zero-order valence-corrected chi connectivity index (χ0v) is 17.8. The van der Waals surface area contributed by atoms with Crippen molar-refractivity contribution in [1.82, 2.24) is 14.8 Å². The Morgan fingerprint density at radius 2 is 2.13 bits per heavy atom. The van der Waals surface area contributed by atoms with Gasteiger partial charge < -0.3 is 14.1 Å². The van der Waals surface area contributed by atoms with Gasteiger partial charge in [-0.3, -0.25) is 9.69 Å². The number of piperidine rings is 1. The van der Waals surface area contributed by atoms with E-state index in [9.17, 15) is 9.18 Å². The van der Waals surface area contributed by atoms with Gasteiger partial charge in [0.2, 0.25) is 11.8 Å². The predicted octanol–water partition coefficient (Wildman–Crippen LogP) is 4.16. The Hall–Kier alpha value is -2.41. The molecule has 1 aromatic carbocycles. The maximum atomic E-state index is 13.7. The Balaban J connectivity index is 1.45. The number of methoxy groups -OCH3 is 1. The number of ether oxygens (including phenoxy) is 1. The van der Waals surface area contributed by atoms with Crippen molar-refractivity contribution >= 4 is 5.91 Å². The van der Waals surface area contributed by atoms with E-state index in [2.05, 4.69) is 4.90 Å². The fraction of sp³-hybridized carbons (Fsp3) is 0.565. The van der Waals surface area contributed by atoms with Crippen molar-refractivity contribution < 1.29 is 18.3 Å². The van der Waals surface area contributed by atoms with Crippen molar-refractivity contribution in [2.75, 3.05) is 26.7 Å². The van der Waals surface area contributed by atoms with Gasteiger partial charge in [-0.25, -0.2) is 9.37 Å². The molecule has 0 spiro atoms. The van der Waals surface area contributed by atoms with Crippen molar-refractivity contribution in [3.05, 3.63) is 35.5 Å². The molecular weight excluding hydrogens is 385 g/mol. The van der Waals surface area contributed by atoms with Gasteiger partial charge in [0.15, 0.2) is 11.6 Å². The van der Waals surface area contributed by atoms with E-state index < -0.39 is 5.82 Å². The van der Waals surface area contributed by atoms with Crippen LogP contribution in [0.15, 0.2) is 22.6 Å². The molecule has 1 atom stereocenters. The van der Waals surface area contributed by atoms with Crippen LogP contribution in [0.5, 0.6) is 5.75 Å². The normalized spacial score (nSPS) is 20.2. The lowest BCUT2D eigenvalue weighted by atomic mass is 9.98. The van der Waals surface area contributed by atoms with Crippen LogP contribution < -0.4 is 4.74 Å². The molecule has 4 rings (SSSR count). The summed E-state index contributed by atoms with van der Waals surface area (Å²) in [7, 11) is 1.45. The van der Waals surface area contributed by atoms with Crippen molar-refractivity contribution in [3.8, 4) is 17.2 Å². The molecular formula is C23H30FN3O3. The molecule has 2 aromatic rings. The van der Waals surface area contributed by atoms with E-state index in [0.29, 0.717) is 29.8 Å². The SMILES string of the molecule is COc1cc(-c2nc(CN3CCCCC3CCN3CCCC3=O)c(C)o2)ccc1F. The first-order valence-corrected chi connectivity index (χ1v) is 10.9. The molecule has 30 heavy (non-hydrogen) atoms. The highest BCUT2D eigenvalue weighted by molar-refractivity contribution is 5.78. The van der Waals surface area contributed by atoms with Gasteiger partial charge in [-0.05, 0) is 57.4 Å². The zero-order chi connectivity index (χ0) is 21.1. The average molecular weight is 416 g/mol. The van der Waals surface area contributed by atoms with E-state index in [4.69, 9.17) is 14.1 Å². The second kappa shape index (κ2) is 9.16. The molecule has 6 nitrogen and oxygen atoms in total. The third kappa shape index (κ3) is 4.51. The summed E-state index contributed by atoms with van der Waals surface area (Å²) in [6, 6.07) is 5.09. The molecule has 0 aliphatic carbocycles. The average Bonchev–Trinajstić information content (AvgIpc) is 3.33. The molecule has 1 unspecified atom stereocenters. The number of hydrogen-bond acceptors (Lipinski definition) is 5. The summed E-state index contributed by atoms with van der Waals surface area (Å²) >= 11 is 0. The number of aromatic nitrogens is 1. The van der Waals surface area contributed by atoms with Crippen LogP contribution in [0.2, 0.25) is 0 Å². The van der Waals surface area contributed by atoms with E-state index in [1.165, 1.54) is 26.0 Å². The minimum Gasteiger partial charge on any atom is -0.494 e. The molecule has 3 heterocycles. The van der Waals surface area contributed by atoms with Crippen LogP contribution in [-0.2, 0) is 11.3 Å². The number of amides is 1. The number of aryl methyl sites for hydroxylation is 1. The monoisotopic (exact) mass is 415 g/mol. The third-order valence-corrected chi connectivity index (χ3v) is 6.30. The molecule has 162 valence electrons. The number of likely N-dealkylation sites (tertiary alicyclic amines) is 2. The van der Waals surface area contributed by atoms with Crippen molar-refractivity contribution in [3.63, 3.8) is 0 Å². The van der Waals surface area contributed by atoms with Crippen molar-refractivity contribution in [1.29, 1.82) is 0 Å². The lowest BCUT2D eigenvalue weighted by molar-refractivity contribution is -0.127. The second-order valence-corrected chi connectivity index (χ2v) is 8.26. The van der Waals surface area contributed by atoms with Crippen LogP contribution in [0, 0.1) is 12.7 Å². The molecule has 0 N–H and O–H groups in total. The van der Waals surface area contributed by atoms with Gasteiger partial charge in [0.1, 0.15) is 5.76 Å². The van der Waals surface area contributed by atoms with Crippen LogP contribution in [-0.4, -0.2) is 53.5 Å². The number of carbonyl (C=O) groups excluding carboxylic acids is 1. The van der Waals surface area contributed by atoms with Crippen molar-refractivity contribution in [2.45, 2.75) is 58.0 Å². The van der Waals surface area contributed by atoms with Crippen LogP contribution in [0.3, 0.4) is 0 Å². The summed E-state index contributed by atoms with van der Waals surface area (Å²) in [5.74, 6) is 1.34. The Labute approximate surface area is 177 Å². The van der Waals surface area contributed by atoms with Crippen LogP contribution in [0.4, 0.5) is 4.39 Å². The number of hydrogen-bond donors (Lipinski definition) is 0. The number of nitrogens with zero attached hydrogens (tertiary/aromatic N) is 3. The summed E-state index contributed by atoms with van der Waals surface area (Å²) < 4.78 is 24.7. The molecule has 0 radical (unpaired) electrons. The summed E-state index contributed by atoms with van der Waals surface area (Å²) in [5, 5.41) is 0. The Kier molecular flexibility index (Phi) is 6.37. The molecule has 7 heteroatoms. The summed E-state index contributed by atoms with van der Waals surface area (Å²) in [4.78, 5) is 21.1. The number of oxazole rings is 1. The van der Waals surface area contributed by atoms with Crippen LogP contribution in [0.25, 0.3) is 11.5 Å². The Bertz CT molecular complexity index is 898. The van der Waals surface area contributed by atoms with E-state index >= 15 is 0 Å². The predicted molar refractivity (Wildman–Crippen MR) is 112 cm³/mol. The van der Waals surface area contributed by atoms with Crippen LogP contribution >= 0.6 is 0 Å². The van der Waals surface area contributed by atoms with Gasteiger partial charge >= 0.3 is 0 Å². The summed E-state index contributed by atoms with van der Waals surface area (Å²) in [6.45, 7) is 5.43. The molecule has 1 amide bonds. The standard InChI is InChI=1S/C23H30FN3O3/c1-16-20(25-23(30-16)17-8-9-19(24)21(14-17)29-2)15-27-11-4-3-6-18(27)10-13-26-12-5-7-22(26)28/h8-9,14,18H,3-7,10-13,15H2,1-2H3. The number of halogens is 1. The lowest BCUT2D eigenvalue weighted by Crippen LogP contribution is -2.41. The largest absolute Gasteiger partial charge is 0.494 e. The number of carbonyl (C=O) groups is 1. The molecule has 2 aliphatic rings.